The number of hydrogen-bond acceptors (Lipinski definition) is 6. The molecular weight excluding hydrogens is 264 g/mol. The van der Waals surface area contributed by atoms with Crippen molar-refractivity contribution in [2.75, 3.05) is 0 Å². The predicted molar refractivity (Wildman–Crippen MR) is 71.1 cm³/mol. The molecule has 4 N–H and O–H groups in total. The maximum atomic E-state index is 11.9. The molecule has 0 fully saturated rings. The summed E-state index contributed by atoms with van der Waals surface area (Å²) in [5.41, 5.74) is -1.45. The average molecular weight is 274 g/mol. The first-order valence-electron chi connectivity index (χ1n) is 5.75. The Morgan fingerprint density at radius 1 is 0.800 bits per heavy atom. The van der Waals surface area contributed by atoms with Crippen LogP contribution in [0.3, 0.4) is 0 Å². The van der Waals surface area contributed by atoms with Crippen molar-refractivity contribution in [3.63, 3.8) is 0 Å². The second-order valence-corrected chi connectivity index (χ2v) is 4.45. The maximum absolute atomic E-state index is 11.9. The number of fused-ring (bicyclic) bond motifs is 2. The normalized spacial score (nSPS) is 11.3. The molecule has 0 amide bonds. The lowest BCUT2D eigenvalue weighted by atomic mass is 10.1. The molecule has 0 aliphatic carbocycles. The fourth-order valence-electron chi connectivity index (χ4n) is 2.19. The second-order valence-electron chi connectivity index (χ2n) is 4.45. The van der Waals surface area contributed by atoms with Gasteiger partial charge in [-0.05, 0) is 13.8 Å². The Kier molecular flexibility index (Phi) is 2.31. The smallest absolute Gasteiger partial charge is 0.262 e. The van der Waals surface area contributed by atoms with E-state index in [0.29, 0.717) is 0 Å². The zero-order valence-corrected chi connectivity index (χ0v) is 10.6. The fourth-order valence-corrected chi connectivity index (χ4v) is 2.19. The van der Waals surface area contributed by atoms with Crippen molar-refractivity contribution in [3.8, 4) is 11.5 Å². The highest BCUT2D eigenvalue weighted by Gasteiger charge is 2.20. The number of benzene rings is 1. The molecule has 0 saturated carbocycles. The van der Waals surface area contributed by atoms with Gasteiger partial charge in [-0.3, -0.25) is 9.59 Å². The first-order valence-corrected chi connectivity index (χ1v) is 5.75. The Morgan fingerprint density at radius 3 is 1.60 bits per heavy atom. The van der Waals surface area contributed by atoms with Gasteiger partial charge >= 0.3 is 0 Å². The highest BCUT2D eigenvalue weighted by molar-refractivity contribution is 6.06. The number of phenolic OH excluding ortho intramolecular Hbond substituents is 2. The third-order valence-corrected chi connectivity index (χ3v) is 3.00. The molecule has 0 spiro atoms. The van der Waals surface area contributed by atoms with E-state index < -0.39 is 22.6 Å². The number of hydrogen-bond donors (Lipinski definition) is 4. The molecule has 2 aromatic heterocycles. The minimum absolute atomic E-state index is 0.0891. The van der Waals surface area contributed by atoms with Gasteiger partial charge in [-0.2, -0.15) is 0 Å². The fraction of sp³-hybridized carbons (Fsp3) is 0.167. The van der Waals surface area contributed by atoms with E-state index in [4.69, 9.17) is 0 Å². The van der Waals surface area contributed by atoms with Crippen molar-refractivity contribution < 1.29 is 10.2 Å². The predicted octanol–water partition coefficient (Wildman–Crippen LogP) is 0.188. The Hall–Kier alpha value is -2.90. The van der Waals surface area contributed by atoms with Crippen LogP contribution in [0, 0.1) is 13.8 Å². The van der Waals surface area contributed by atoms with E-state index in [2.05, 4.69) is 19.9 Å². The molecule has 3 aromatic rings. The van der Waals surface area contributed by atoms with Gasteiger partial charge < -0.3 is 20.2 Å². The summed E-state index contributed by atoms with van der Waals surface area (Å²) in [6.45, 7) is 3.08. The van der Waals surface area contributed by atoms with Crippen molar-refractivity contribution in [2.45, 2.75) is 13.8 Å². The van der Waals surface area contributed by atoms with Gasteiger partial charge in [0.15, 0.2) is 5.75 Å². The molecule has 20 heavy (non-hydrogen) atoms. The van der Waals surface area contributed by atoms with Gasteiger partial charge in [0, 0.05) is 0 Å². The van der Waals surface area contributed by atoms with E-state index in [1.54, 1.807) is 0 Å². The lowest BCUT2D eigenvalue weighted by molar-refractivity contribution is 0.475. The number of aromatic nitrogens is 4. The lowest BCUT2D eigenvalue weighted by Crippen LogP contribution is -2.14. The summed E-state index contributed by atoms with van der Waals surface area (Å²) in [4.78, 5) is 36.6. The summed E-state index contributed by atoms with van der Waals surface area (Å²) in [7, 11) is 0. The standard InChI is InChI=1S/C12H10N4O4/c1-3-13-7-5(11(19)15-3)9(17)6-8(10(7)18)14-4(2)16-12(6)20/h17-18H,1-2H3,(H,13,15,19)(H,14,16,20). The van der Waals surface area contributed by atoms with Crippen LogP contribution in [0.15, 0.2) is 9.59 Å². The van der Waals surface area contributed by atoms with E-state index in [1.165, 1.54) is 13.8 Å². The van der Waals surface area contributed by atoms with Crippen LogP contribution in [0.4, 0.5) is 0 Å². The highest BCUT2D eigenvalue weighted by atomic mass is 16.3. The van der Waals surface area contributed by atoms with Crippen LogP contribution in [0.25, 0.3) is 21.8 Å². The third-order valence-electron chi connectivity index (χ3n) is 3.00. The van der Waals surface area contributed by atoms with Crippen LogP contribution >= 0.6 is 0 Å². The molecule has 0 unspecified atom stereocenters. The molecule has 0 bridgehead atoms. The number of phenols is 2. The van der Waals surface area contributed by atoms with Crippen LogP contribution in [0.5, 0.6) is 11.5 Å². The van der Waals surface area contributed by atoms with Crippen LogP contribution in [0.1, 0.15) is 11.6 Å². The number of aryl methyl sites for hydroxylation is 2. The third kappa shape index (κ3) is 1.48. The Labute approximate surface area is 110 Å². The Bertz CT molecular complexity index is 910. The first-order chi connectivity index (χ1) is 9.40. The number of H-pyrrole nitrogens is 2. The van der Waals surface area contributed by atoms with Crippen molar-refractivity contribution >= 4 is 21.8 Å². The summed E-state index contributed by atoms with van der Waals surface area (Å²) in [5, 5.41) is 19.9. The Balaban J connectivity index is 2.76. The van der Waals surface area contributed by atoms with Gasteiger partial charge in [0.05, 0.1) is 0 Å². The molecule has 8 nitrogen and oxygen atoms in total. The molecule has 0 saturated heterocycles. The number of aromatic amines is 2. The second kappa shape index (κ2) is 3.80. The van der Waals surface area contributed by atoms with Crippen molar-refractivity contribution in [1.82, 2.24) is 19.9 Å². The van der Waals surface area contributed by atoms with Crippen LogP contribution < -0.4 is 11.1 Å². The van der Waals surface area contributed by atoms with E-state index in [1.807, 2.05) is 0 Å². The molecule has 3 rings (SSSR count). The topological polar surface area (TPSA) is 132 Å². The summed E-state index contributed by atoms with van der Waals surface area (Å²) >= 11 is 0. The van der Waals surface area contributed by atoms with Gasteiger partial charge in [0.2, 0.25) is 0 Å². The first kappa shape index (κ1) is 12.2. The molecule has 2 heterocycles. The minimum atomic E-state index is -0.637. The summed E-state index contributed by atoms with van der Waals surface area (Å²) in [5.74, 6) is -0.400. The number of rotatable bonds is 0. The summed E-state index contributed by atoms with van der Waals surface area (Å²) < 4.78 is 0. The molecule has 1 aromatic carbocycles. The van der Waals surface area contributed by atoms with E-state index in [-0.39, 0.29) is 33.5 Å². The van der Waals surface area contributed by atoms with Crippen LogP contribution in [0.2, 0.25) is 0 Å². The van der Waals surface area contributed by atoms with Crippen LogP contribution in [-0.2, 0) is 0 Å². The summed E-state index contributed by atoms with van der Waals surface area (Å²) in [6, 6.07) is 0. The molecule has 0 aliphatic heterocycles. The minimum Gasteiger partial charge on any atom is -0.506 e. The quantitative estimate of drug-likeness (QED) is 0.341. The number of aromatic hydroxyl groups is 2. The SMILES string of the molecule is Cc1nc2c(O)c3nc(C)[nH]c(=O)c3c(O)c2c(=O)[nH]1. The molecule has 0 aliphatic rings. The lowest BCUT2D eigenvalue weighted by Gasteiger charge is -2.08. The van der Waals surface area contributed by atoms with E-state index >= 15 is 0 Å². The van der Waals surface area contributed by atoms with Gasteiger partial charge in [0.25, 0.3) is 11.1 Å². The maximum Gasteiger partial charge on any atom is 0.262 e. The molecule has 8 heteroatoms. The highest BCUT2D eigenvalue weighted by Crippen LogP contribution is 2.35. The number of nitrogens with one attached hydrogen (secondary N) is 2. The number of nitrogens with zero attached hydrogens (tertiary/aromatic N) is 2. The molecular formula is C12H10N4O4. The monoisotopic (exact) mass is 274 g/mol. The van der Waals surface area contributed by atoms with Crippen molar-refractivity contribution in [2.24, 2.45) is 0 Å². The van der Waals surface area contributed by atoms with E-state index in [0.717, 1.165) is 0 Å². The largest absolute Gasteiger partial charge is 0.506 e. The molecule has 102 valence electrons. The van der Waals surface area contributed by atoms with Crippen molar-refractivity contribution in [3.05, 3.63) is 32.4 Å². The Morgan fingerprint density at radius 2 is 1.20 bits per heavy atom. The van der Waals surface area contributed by atoms with Gasteiger partial charge in [-0.25, -0.2) is 9.97 Å². The molecule has 0 atom stereocenters. The summed E-state index contributed by atoms with van der Waals surface area (Å²) in [6.07, 6.45) is 0. The van der Waals surface area contributed by atoms with Crippen molar-refractivity contribution in [1.29, 1.82) is 0 Å². The van der Waals surface area contributed by atoms with Gasteiger partial charge in [0.1, 0.15) is 39.2 Å². The van der Waals surface area contributed by atoms with Gasteiger partial charge in [-0.1, -0.05) is 0 Å². The van der Waals surface area contributed by atoms with E-state index in [9.17, 15) is 19.8 Å². The zero-order valence-electron chi connectivity index (χ0n) is 10.6. The van der Waals surface area contributed by atoms with Gasteiger partial charge in [-0.15, -0.1) is 0 Å². The average Bonchev–Trinajstić information content (AvgIpc) is 2.34. The zero-order chi connectivity index (χ0) is 14.6. The van der Waals surface area contributed by atoms with Crippen LogP contribution in [-0.4, -0.2) is 30.1 Å². The molecule has 0 radical (unpaired) electrons.